The molecular weight excluding hydrogens is 304 g/mol. The van der Waals surface area contributed by atoms with Crippen molar-refractivity contribution >= 4 is 5.91 Å². The molecule has 2 aliphatic rings. The first-order chi connectivity index (χ1) is 11.0. The van der Waals surface area contributed by atoms with Crippen molar-refractivity contribution in [1.82, 2.24) is 5.32 Å². The number of ether oxygens (including phenoxy) is 2. The molecule has 134 valence electrons. The second kappa shape index (κ2) is 8.92. The van der Waals surface area contributed by atoms with Gasteiger partial charge >= 0.3 is 6.61 Å². The summed E-state index contributed by atoms with van der Waals surface area (Å²) in [6.07, 6.45) is 5.87. The molecule has 5 unspecified atom stereocenters. The molecule has 0 saturated heterocycles. The third kappa shape index (κ3) is 5.68. The average Bonchev–Trinajstić information content (AvgIpc) is 2.50. The van der Waals surface area contributed by atoms with Gasteiger partial charge < -0.3 is 14.8 Å². The molecule has 1 N–H and O–H groups in total. The zero-order chi connectivity index (χ0) is 16.8. The fourth-order valence-corrected chi connectivity index (χ4v) is 3.76. The van der Waals surface area contributed by atoms with Gasteiger partial charge in [-0.2, -0.15) is 8.78 Å². The van der Waals surface area contributed by atoms with Crippen molar-refractivity contribution in [2.24, 2.45) is 11.8 Å². The van der Waals surface area contributed by atoms with E-state index in [2.05, 4.69) is 23.9 Å². The molecule has 1 amide bonds. The van der Waals surface area contributed by atoms with Crippen molar-refractivity contribution in [3.63, 3.8) is 0 Å². The van der Waals surface area contributed by atoms with Crippen molar-refractivity contribution in [2.75, 3.05) is 6.61 Å². The normalized spacial score (nSPS) is 35.3. The predicted molar refractivity (Wildman–Crippen MR) is 83.2 cm³/mol. The first-order valence-electron chi connectivity index (χ1n) is 8.82. The minimum atomic E-state index is -2.79. The molecule has 4 nitrogen and oxygen atoms in total. The molecule has 2 fully saturated rings. The third-order valence-corrected chi connectivity index (χ3v) is 5.39. The first kappa shape index (κ1) is 18.6. The molecule has 0 aromatic carbocycles. The van der Waals surface area contributed by atoms with Crippen molar-refractivity contribution < 1.29 is 23.0 Å². The molecule has 23 heavy (non-hydrogen) atoms. The number of hydrogen-bond acceptors (Lipinski definition) is 3. The summed E-state index contributed by atoms with van der Waals surface area (Å²) in [5.74, 6) is 0.824. The van der Waals surface area contributed by atoms with Gasteiger partial charge in [-0.3, -0.25) is 4.79 Å². The summed E-state index contributed by atoms with van der Waals surface area (Å²) in [6.45, 7) is 1.59. The Morgan fingerprint density at radius 3 is 2.52 bits per heavy atom. The fourth-order valence-electron chi connectivity index (χ4n) is 3.76. The molecule has 2 aliphatic carbocycles. The van der Waals surface area contributed by atoms with Gasteiger partial charge in [0.15, 0.2) is 0 Å². The highest BCUT2D eigenvalue weighted by atomic mass is 19.3. The van der Waals surface area contributed by atoms with Gasteiger partial charge in [0, 0.05) is 0 Å². The van der Waals surface area contributed by atoms with Gasteiger partial charge in [-0.1, -0.05) is 39.5 Å². The molecule has 0 aromatic rings. The van der Waals surface area contributed by atoms with E-state index < -0.39 is 12.7 Å². The number of alkyl halides is 2. The number of amides is 1. The van der Waals surface area contributed by atoms with Crippen molar-refractivity contribution in [1.29, 1.82) is 0 Å². The number of hydrogen-bond donors (Lipinski definition) is 1. The van der Waals surface area contributed by atoms with Gasteiger partial charge in [-0.25, -0.2) is 0 Å². The molecular formula is C17H29F2NO3. The Kier molecular flexibility index (Phi) is 7.21. The molecule has 0 aliphatic heterocycles. The Bertz CT molecular complexity index is 381. The van der Waals surface area contributed by atoms with E-state index in [0.717, 1.165) is 25.7 Å². The summed E-state index contributed by atoms with van der Waals surface area (Å²) in [5.41, 5.74) is 0. The average molecular weight is 333 g/mol. The van der Waals surface area contributed by atoms with Crippen LogP contribution in [0, 0.1) is 11.8 Å². The quantitative estimate of drug-likeness (QED) is 0.809. The van der Waals surface area contributed by atoms with Crippen molar-refractivity contribution in [3.05, 3.63) is 0 Å². The molecule has 6 heteroatoms. The lowest BCUT2D eigenvalue weighted by Crippen LogP contribution is -2.48. The fraction of sp³-hybridized carbons (Fsp3) is 0.941. The Morgan fingerprint density at radius 1 is 1.09 bits per heavy atom. The Labute approximate surface area is 137 Å². The van der Waals surface area contributed by atoms with E-state index >= 15 is 0 Å². The van der Waals surface area contributed by atoms with E-state index in [1.54, 1.807) is 0 Å². The van der Waals surface area contributed by atoms with Crippen molar-refractivity contribution in [3.8, 4) is 0 Å². The SMILES string of the molecule is CC1CCCC(OCC(=O)NC2CCCCC2OC(F)F)C1C. The maximum absolute atomic E-state index is 12.4. The van der Waals surface area contributed by atoms with Crippen LogP contribution in [0.25, 0.3) is 0 Å². The van der Waals surface area contributed by atoms with Gasteiger partial charge in [0.05, 0.1) is 18.2 Å². The summed E-state index contributed by atoms with van der Waals surface area (Å²) < 4.78 is 35.3. The molecule has 2 rings (SSSR count). The van der Waals surface area contributed by atoms with Crippen LogP contribution in [0.15, 0.2) is 0 Å². The number of halogens is 2. The molecule has 0 bridgehead atoms. The molecule has 0 heterocycles. The second-order valence-corrected chi connectivity index (χ2v) is 7.01. The number of nitrogens with one attached hydrogen (secondary N) is 1. The summed E-state index contributed by atoms with van der Waals surface area (Å²) in [6, 6.07) is -0.337. The Morgan fingerprint density at radius 2 is 1.78 bits per heavy atom. The third-order valence-electron chi connectivity index (χ3n) is 5.39. The molecule has 0 radical (unpaired) electrons. The Hall–Kier alpha value is -0.750. The van der Waals surface area contributed by atoms with E-state index in [0.29, 0.717) is 24.7 Å². The maximum Gasteiger partial charge on any atom is 0.345 e. The van der Waals surface area contributed by atoms with Crippen LogP contribution < -0.4 is 5.32 Å². The van der Waals surface area contributed by atoms with Crippen LogP contribution in [0.3, 0.4) is 0 Å². The standard InChI is InChI=1S/C17H29F2NO3/c1-11-6-5-9-14(12(11)2)22-10-16(21)20-13-7-3-4-8-15(13)23-17(18)19/h11-15,17H,3-10H2,1-2H3,(H,20,21). The molecule has 2 saturated carbocycles. The monoisotopic (exact) mass is 333 g/mol. The first-order valence-corrected chi connectivity index (χ1v) is 8.82. The van der Waals surface area contributed by atoms with Crippen LogP contribution in [-0.2, 0) is 14.3 Å². The van der Waals surface area contributed by atoms with Gasteiger partial charge in [-0.05, 0) is 31.1 Å². The number of carbonyl (C=O) groups is 1. The van der Waals surface area contributed by atoms with E-state index in [-0.39, 0.29) is 24.7 Å². The van der Waals surface area contributed by atoms with Crippen LogP contribution in [0.4, 0.5) is 8.78 Å². The van der Waals surface area contributed by atoms with Gasteiger partial charge in [0.1, 0.15) is 6.61 Å². The number of rotatable bonds is 6. The highest BCUT2D eigenvalue weighted by molar-refractivity contribution is 5.77. The lowest BCUT2D eigenvalue weighted by molar-refractivity contribution is -0.178. The van der Waals surface area contributed by atoms with Crippen LogP contribution in [-0.4, -0.2) is 37.4 Å². The smallest absolute Gasteiger partial charge is 0.345 e. The molecule has 5 atom stereocenters. The summed E-state index contributed by atoms with van der Waals surface area (Å²) in [4.78, 5) is 12.1. The van der Waals surface area contributed by atoms with E-state index in [9.17, 15) is 13.6 Å². The zero-order valence-corrected chi connectivity index (χ0v) is 14.1. The largest absolute Gasteiger partial charge is 0.368 e. The van der Waals surface area contributed by atoms with Gasteiger partial charge in [0.2, 0.25) is 5.91 Å². The lowest BCUT2D eigenvalue weighted by Gasteiger charge is -2.34. The Balaban J connectivity index is 1.76. The van der Waals surface area contributed by atoms with E-state index in [4.69, 9.17) is 4.74 Å². The summed E-state index contributed by atoms with van der Waals surface area (Å²) in [7, 11) is 0. The molecule has 0 spiro atoms. The maximum atomic E-state index is 12.4. The topological polar surface area (TPSA) is 47.6 Å². The summed E-state index contributed by atoms with van der Waals surface area (Å²) >= 11 is 0. The minimum Gasteiger partial charge on any atom is -0.368 e. The summed E-state index contributed by atoms with van der Waals surface area (Å²) in [5, 5.41) is 2.82. The highest BCUT2D eigenvalue weighted by Crippen LogP contribution is 2.31. The number of carbonyl (C=O) groups excluding carboxylic acids is 1. The highest BCUT2D eigenvalue weighted by Gasteiger charge is 2.31. The zero-order valence-electron chi connectivity index (χ0n) is 14.1. The second-order valence-electron chi connectivity index (χ2n) is 7.01. The van der Waals surface area contributed by atoms with Crippen LogP contribution in [0.2, 0.25) is 0 Å². The van der Waals surface area contributed by atoms with E-state index in [1.807, 2.05) is 0 Å². The lowest BCUT2D eigenvalue weighted by atomic mass is 9.79. The van der Waals surface area contributed by atoms with Gasteiger partial charge in [0.25, 0.3) is 0 Å². The molecule has 0 aromatic heterocycles. The van der Waals surface area contributed by atoms with Crippen LogP contribution >= 0.6 is 0 Å². The van der Waals surface area contributed by atoms with Gasteiger partial charge in [-0.15, -0.1) is 0 Å². The van der Waals surface area contributed by atoms with Crippen molar-refractivity contribution in [2.45, 2.75) is 83.7 Å². The van der Waals surface area contributed by atoms with Crippen LogP contribution in [0.5, 0.6) is 0 Å². The van der Waals surface area contributed by atoms with Crippen LogP contribution in [0.1, 0.15) is 58.8 Å². The minimum absolute atomic E-state index is 0.000372. The van der Waals surface area contributed by atoms with E-state index in [1.165, 1.54) is 6.42 Å². The predicted octanol–water partition coefficient (Wildman–Crippen LogP) is 3.49.